The number of amides is 1. The van der Waals surface area contributed by atoms with Crippen LogP contribution in [0.25, 0.3) is 0 Å². The monoisotopic (exact) mass is 506 g/mol. The fourth-order valence-corrected chi connectivity index (χ4v) is 5.92. The summed E-state index contributed by atoms with van der Waals surface area (Å²) in [6.45, 7) is 6.21. The van der Waals surface area contributed by atoms with Crippen LogP contribution in [0.2, 0.25) is 0 Å². The van der Waals surface area contributed by atoms with Crippen LogP contribution < -0.4 is 9.80 Å². The van der Waals surface area contributed by atoms with Crippen LogP contribution in [0.5, 0.6) is 0 Å². The number of hydrogen-bond acceptors (Lipinski definition) is 7. The molecule has 0 bridgehead atoms. The molecule has 0 N–H and O–H groups in total. The molecule has 0 spiro atoms. The highest BCUT2D eigenvalue weighted by atomic mass is 16.2. The molecule has 9 heteroatoms. The number of carbonyl (C=O) groups is 1. The zero-order valence-electron chi connectivity index (χ0n) is 21.5. The number of pyridine rings is 1. The Labute approximate surface area is 221 Å². The second-order valence-corrected chi connectivity index (χ2v) is 10.3. The Morgan fingerprint density at radius 1 is 1.00 bits per heavy atom. The van der Waals surface area contributed by atoms with E-state index in [1.807, 2.05) is 48.5 Å². The predicted molar refractivity (Wildman–Crippen MR) is 144 cm³/mol. The molecule has 7 rings (SSSR count). The molecule has 3 aromatic heterocycles. The highest BCUT2D eigenvalue weighted by Gasteiger charge is 2.35. The molecule has 1 aromatic carbocycles. The Balaban J connectivity index is 1.10. The fourth-order valence-electron chi connectivity index (χ4n) is 5.92. The first-order chi connectivity index (χ1) is 18.7. The van der Waals surface area contributed by atoms with Gasteiger partial charge in [0, 0.05) is 50.9 Å². The first kappa shape index (κ1) is 22.9. The number of fused-ring (bicyclic) bond motifs is 2. The van der Waals surface area contributed by atoms with E-state index in [-0.39, 0.29) is 11.9 Å². The number of nitrogens with zero attached hydrogens (tertiary/aromatic N) is 8. The molecule has 0 radical (unpaired) electrons. The number of benzene rings is 1. The van der Waals surface area contributed by atoms with Gasteiger partial charge in [-0.05, 0) is 48.6 Å². The van der Waals surface area contributed by atoms with E-state index in [4.69, 9.17) is 4.98 Å². The molecule has 38 heavy (non-hydrogen) atoms. The summed E-state index contributed by atoms with van der Waals surface area (Å²) in [6.07, 6.45) is 6.73. The van der Waals surface area contributed by atoms with Crippen molar-refractivity contribution in [2.24, 2.45) is 0 Å². The van der Waals surface area contributed by atoms with Crippen molar-refractivity contribution in [1.29, 1.82) is 0 Å². The molecule has 0 saturated carbocycles. The molecule has 1 atom stereocenters. The number of carbonyl (C=O) groups excluding carboxylic acids is 1. The Morgan fingerprint density at radius 2 is 1.89 bits per heavy atom. The minimum atomic E-state index is -0.0501. The van der Waals surface area contributed by atoms with E-state index >= 15 is 0 Å². The number of aromatic nitrogens is 5. The van der Waals surface area contributed by atoms with Crippen LogP contribution in [0, 0.1) is 6.92 Å². The van der Waals surface area contributed by atoms with Crippen molar-refractivity contribution < 1.29 is 4.79 Å². The molecule has 192 valence electrons. The lowest BCUT2D eigenvalue weighted by molar-refractivity contribution is 0.0453. The van der Waals surface area contributed by atoms with Gasteiger partial charge in [-0.25, -0.2) is 4.68 Å². The topological polar surface area (TPSA) is 83.3 Å². The Morgan fingerprint density at radius 3 is 2.71 bits per heavy atom. The molecule has 1 saturated heterocycles. The van der Waals surface area contributed by atoms with E-state index in [0.29, 0.717) is 12.2 Å². The average Bonchev–Trinajstić information content (AvgIpc) is 3.42. The van der Waals surface area contributed by atoms with Crippen molar-refractivity contribution in [3.63, 3.8) is 0 Å². The summed E-state index contributed by atoms with van der Waals surface area (Å²) < 4.78 is 2.05. The number of aryl methyl sites for hydroxylation is 2. The summed E-state index contributed by atoms with van der Waals surface area (Å²) >= 11 is 0. The van der Waals surface area contributed by atoms with Gasteiger partial charge in [0.15, 0.2) is 11.5 Å². The average molecular weight is 507 g/mol. The summed E-state index contributed by atoms with van der Waals surface area (Å²) in [6, 6.07) is 16.5. The number of anilines is 3. The maximum absolute atomic E-state index is 13.3. The van der Waals surface area contributed by atoms with E-state index in [1.165, 1.54) is 11.1 Å². The van der Waals surface area contributed by atoms with Crippen LogP contribution in [-0.4, -0.2) is 55.4 Å². The van der Waals surface area contributed by atoms with Gasteiger partial charge in [-0.1, -0.05) is 30.3 Å². The highest BCUT2D eigenvalue weighted by Crippen LogP contribution is 2.35. The third-order valence-corrected chi connectivity index (χ3v) is 8.00. The molecule has 4 aromatic rings. The normalized spacial score (nSPS) is 18.6. The van der Waals surface area contributed by atoms with Gasteiger partial charge in [-0.2, -0.15) is 5.10 Å². The summed E-state index contributed by atoms with van der Waals surface area (Å²) in [5, 5.41) is 13.4. The van der Waals surface area contributed by atoms with Crippen molar-refractivity contribution in [1.82, 2.24) is 29.9 Å². The third-order valence-electron chi connectivity index (χ3n) is 8.00. The molecule has 1 amide bonds. The van der Waals surface area contributed by atoms with E-state index in [2.05, 4.69) is 54.0 Å². The smallest absolute Gasteiger partial charge is 0.274 e. The largest absolute Gasteiger partial charge is 0.350 e. The van der Waals surface area contributed by atoms with Crippen LogP contribution in [-0.2, 0) is 19.5 Å². The van der Waals surface area contributed by atoms with Gasteiger partial charge >= 0.3 is 0 Å². The summed E-state index contributed by atoms with van der Waals surface area (Å²) in [5.74, 6) is 1.90. The van der Waals surface area contributed by atoms with Crippen LogP contribution in [0.1, 0.15) is 51.8 Å². The molecular formula is C29H30N8O. The summed E-state index contributed by atoms with van der Waals surface area (Å²) in [5.41, 5.74) is 5.99. The van der Waals surface area contributed by atoms with Crippen LogP contribution in [0.4, 0.5) is 17.3 Å². The predicted octanol–water partition coefficient (Wildman–Crippen LogP) is 4.07. The van der Waals surface area contributed by atoms with Gasteiger partial charge in [-0.3, -0.25) is 9.78 Å². The molecule has 6 heterocycles. The van der Waals surface area contributed by atoms with Crippen LogP contribution >= 0.6 is 0 Å². The van der Waals surface area contributed by atoms with Crippen molar-refractivity contribution in [2.75, 3.05) is 29.4 Å². The van der Waals surface area contributed by atoms with Gasteiger partial charge in [0.25, 0.3) is 5.91 Å². The van der Waals surface area contributed by atoms with Crippen molar-refractivity contribution >= 4 is 23.2 Å². The number of likely N-dealkylation sites (tertiary alicyclic amines) is 1. The van der Waals surface area contributed by atoms with Gasteiger partial charge < -0.3 is 14.7 Å². The van der Waals surface area contributed by atoms with Gasteiger partial charge in [0.1, 0.15) is 5.82 Å². The highest BCUT2D eigenvalue weighted by molar-refractivity contribution is 5.93. The van der Waals surface area contributed by atoms with Gasteiger partial charge in [0.2, 0.25) is 0 Å². The Kier molecular flexibility index (Phi) is 5.56. The van der Waals surface area contributed by atoms with Crippen LogP contribution in [0.3, 0.4) is 0 Å². The van der Waals surface area contributed by atoms with Crippen molar-refractivity contribution in [2.45, 2.75) is 45.3 Å². The standard InChI is InChI=1S/C29H30N8O/c1-20-16-25(29(38)36-15-10-26(36)21-6-3-2-4-7-21)32-33-28(20)34-14-9-24-22(19-34)17-23(18-30-24)35-12-5-13-37-27(35)8-11-31-37/h2-4,6-8,11,16-18,26H,5,9-10,12-15,19H2,1H3. The lowest BCUT2D eigenvalue weighted by Gasteiger charge is -2.41. The molecule has 9 nitrogen and oxygen atoms in total. The van der Waals surface area contributed by atoms with Gasteiger partial charge in [-0.15, -0.1) is 10.2 Å². The number of hydrogen-bond donors (Lipinski definition) is 0. The molecule has 3 aliphatic rings. The zero-order chi connectivity index (χ0) is 25.6. The second-order valence-electron chi connectivity index (χ2n) is 10.3. The minimum absolute atomic E-state index is 0.0501. The third kappa shape index (κ3) is 3.89. The fraction of sp³-hybridized carbons (Fsp3) is 0.345. The SMILES string of the molecule is Cc1cc(C(=O)N2CCC2c2ccccc2)nnc1N1CCc2ncc(N3CCCn4nccc43)cc2C1. The lowest BCUT2D eigenvalue weighted by atomic mass is 9.94. The van der Waals surface area contributed by atoms with E-state index < -0.39 is 0 Å². The maximum atomic E-state index is 13.3. The maximum Gasteiger partial charge on any atom is 0.274 e. The second kappa shape index (κ2) is 9.24. The van der Waals surface area contributed by atoms with E-state index in [0.717, 1.165) is 74.0 Å². The first-order valence-electron chi connectivity index (χ1n) is 13.4. The minimum Gasteiger partial charge on any atom is -0.350 e. The van der Waals surface area contributed by atoms with E-state index in [9.17, 15) is 4.79 Å². The molecule has 0 aliphatic carbocycles. The van der Waals surface area contributed by atoms with Crippen molar-refractivity contribution in [3.8, 4) is 0 Å². The van der Waals surface area contributed by atoms with Crippen LogP contribution in [0.15, 0.2) is 60.9 Å². The summed E-state index contributed by atoms with van der Waals surface area (Å²) in [7, 11) is 0. The Bertz CT molecular complexity index is 1500. The molecular weight excluding hydrogens is 476 g/mol. The number of rotatable bonds is 4. The molecule has 3 aliphatic heterocycles. The molecule has 1 unspecified atom stereocenters. The quantitative estimate of drug-likeness (QED) is 0.413. The Hall–Kier alpha value is -4.27. The van der Waals surface area contributed by atoms with Gasteiger partial charge in [0.05, 0.1) is 24.1 Å². The summed E-state index contributed by atoms with van der Waals surface area (Å²) in [4.78, 5) is 24.5. The first-order valence-corrected chi connectivity index (χ1v) is 13.4. The zero-order valence-corrected chi connectivity index (χ0v) is 21.5. The van der Waals surface area contributed by atoms with Crippen molar-refractivity contribution in [3.05, 3.63) is 89.0 Å². The van der Waals surface area contributed by atoms with E-state index in [1.54, 1.807) is 0 Å². The molecule has 1 fully saturated rings. The lowest BCUT2D eigenvalue weighted by Crippen LogP contribution is -2.45.